The lowest BCUT2D eigenvalue weighted by Gasteiger charge is -2.29. The van der Waals surface area contributed by atoms with Gasteiger partial charge < -0.3 is 16.4 Å². The van der Waals surface area contributed by atoms with Crippen LogP contribution >= 0.6 is 0 Å². The standard InChI is InChI=1S/C24H27F4N3O2/c1-30-17(11-15-7-8-18(22(29)33)20(25)12-15)14-31-21(32)13-19(16-5-3-2-4-6-16)23(9-10-23)24(26,27)28/h2-8,12,17,19,30H,9-11,13-14H2,1H3,(H2,29,33)(H,31,32)/t17-,19+/m0/s1. The largest absolute Gasteiger partial charge is 0.395 e. The highest BCUT2D eigenvalue weighted by atomic mass is 19.4. The van der Waals surface area contributed by atoms with Gasteiger partial charge in [0.25, 0.3) is 5.91 Å². The number of alkyl halides is 3. The van der Waals surface area contributed by atoms with Gasteiger partial charge in [0, 0.05) is 24.9 Å². The Labute approximate surface area is 189 Å². The first-order valence-electron chi connectivity index (χ1n) is 10.7. The van der Waals surface area contributed by atoms with E-state index < -0.39 is 35.1 Å². The van der Waals surface area contributed by atoms with E-state index in [1.807, 2.05) is 0 Å². The molecule has 0 bridgehead atoms. The number of hydrogen-bond donors (Lipinski definition) is 3. The normalized spacial score (nSPS) is 16.6. The Kier molecular flexibility index (Phi) is 7.41. The third-order valence-electron chi connectivity index (χ3n) is 6.35. The molecule has 0 spiro atoms. The molecule has 178 valence electrons. The lowest BCUT2D eigenvalue weighted by Crippen LogP contribution is -2.42. The van der Waals surface area contributed by atoms with Gasteiger partial charge in [0.05, 0.1) is 11.0 Å². The molecule has 1 aliphatic carbocycles. The zero-order valence-electron chi connectivity index (χ0n) is 18.2. The minimum atomic E-state index is -4.39. The summed E-state index contributed by atoms with van der Waals surface area (Å²) in [6.07, 6.45) is -4.31. The van der Waals surface area contributed by atoms with Gasteiger partial charge in [0.15, 0.2) is 0 Å². The zero-order valence-corrected chi connectivity index (χ0v) is 18.2. The topological polar surface area (TPSA) is 84.2 Å². The van der Waals surface area contributed by atoms with Gasteiger partial charge in [0.1, 0.15) is 5.82 Å². The molecule has 0 unspecified atom stereocenters. The molecular weight excluding hydrogens is 438 g/mol. The first kappa shape index (κ1) is 24.7. The van der Waals surface area contributed by atoms with Gasteiger partial charge in [-0.15, -0.1) is 0 Å². The molecule has 4 N–H and O–H groups in total. The fourth-order valence-electron chi connectivity index (χ4n) is 4.22. The molecule has 33 heavy (non-hydrogen) atoms. The second-order valence-corrected chi connectivity index (χ2v) is 8.49. The van der Waals surface area contributed by atoms with Crippen LogP contribution in [0.25, 0.3) is 0 Å². The van der Waals surface area contributed by atoms with Gasteiger partial charge in [-0.2, -0.15) is 13.2 Å². The summed E-state index contributed by atoms with van der Waals surface area (Å²) in [6.45, 7) is 0.148. The molecule has 0 heterocycles. The fourth-order valence-corrected chi connectivity index (χ4v) is 4.22. The van der Waals surface area contributed by atoms with Gasteiger partial charge in [-0.1, -0.05) is 36.4 Å². The van der Waals surface area contributed by atoms with Gasteiger partial charge in [-0.3, -0.25) is 9.59 Å². The van der Waals surface area contributed by atoms with Crippen LogP contribution in [-0.4, -0.2) is 37.6 Å². The SMILES string of the molecule is CN[C@H](CNC(=O)C[C@H](c1ccccc1)C1(C(F)(F)F)CC1)Cc1ccc(C(N)=O)c(F)c1. The number of nitrogens with two attached hydrogens (primary N) is 1. The molecule has 9 heteroatoms. The Morgan fingerprint density at radius 3 is 2.30 bits per heavy atom. The van der Waals surface area contributed by atoms with E-state index in [9.17, 15) is 27.2 Å². The second kappa shape index (κ2) is 9.91. The minimum absolute atomic E-state index is 0.00927. The molecule has 1 fully saturated rings. The quantitative estimate of drug-likeness (QED) is 0.468. The molecule has 0 radical (unpaired) electrons. The predicted octanol–water partition coefficient (Wildman–Crippen LogP) is 3.69. The highest BCUT2D eigenvalue weighted by Crippen LogP contribution is 2.66. The van der Waals surface area contributed by atoms with Crippen LogP contribution in [-0.2, 0) is 11.2 Å². The van der Waals surface area contributed by atoms with Crippen molar-refractivity contribution in [2.24, 2.45) is 11.1 Å². The molecule has 0 saturated heterocycles. The van der Waals surface area contributed by atoms with Crippen molar-refractivity contribution in [2.45, 2.75) is 43.8 Å². The highest BCUT2D eigenvalue weighted by molar-refractivity contribution is 5.93. The summed E-state index contributed by atoms with van der Waals surface area (Å²) in [5.74, 6) is -3.03. The van der Waals surface area contributed by atoms with Crippen LogP contribution in [0.15, 0.2) is 48.5 Å². The van der Waals surface area contributed by atoms with Crippen molar-refractivity contribution in [3.63, 3.8) is 0 Å². The zero-order chi connectivity index (χ0) is 24.2. The van der Waals surface area contributed by atoms with E-state index in [0.717, 1.165) is 0 Å². The lowest BCUT2D eigenvalue weighted by molar-refractivity contribution is -0.194. The Balaban J connectivity index is 1.64. The molecule has 5 nitrogen and oxygen atoms in total. The van der Waals surface area contributed by atoms with E-state index in [1.54, 1.807) is 43.4 Å². The summed E-state index contributed by atoms with van der Waals surface area (Å²) in [5.41, 5.74) is 4.11. The minimum Gasteiger partial charge on any atom is -0.366 e. The summed E-state index contributed by atoms with van der Waals surface area (Å²) in [4.78, 5) is 23.8. The number of halogens is 4. The fraction of sp³-hybridized carbons (Fsp3) is 0.417. The van der Waals surface area contributed by atoms with Crippen LogP contribution in [0.1, 0.15) is 46.7 Å². The van der Waals surface area contributed by atoms with Crippen LogP contribution in [0.4, 0.5) is 17.6 Å². The molecule has 2 aromatic rings. The molecule has 1 aliphatic rings. The molecule has 0 aromatic heterocycles. The van der Waals surface area contributed by atoms with E-state index in [-0.39, 0.29) is 37.4 Å². The van der Waals surface area contributed by atoms with Crippen molar-refractivity contribution in [1.82, 2.24) is 10.6 Å². The average Bonchev–Trinajstić information content (AvgIpc) is 3.57. The molecule has 2 amide bonds. The molecule has 3 rings (SSSR count). The molecular formula is C24H27F4N3O2. The van der Waals surface area contributed by atoms with Gasteiger partial charge in [-0.05, 0) is 49.6 Å². The number of amides is 2. The summed E-state index contributed by atoms with van der Waals surface area (Å²) < 4.78 is 55.4. The third kappa shape index (κ3) is 5.71. The van der Waals surface area contributed by atoms with Crippen molar-refractivity contribution >= 4 is 11.8 Å². The van der Waals surface area contributed by atoms with Crippen LogP contribution in [0, 0.1) is 11.2 Å². The number of primary amides is 1. The maximum absolute atomic E-state index is 14.0. The third-order valence-corrected chi connectivity index (χ3v) is 6.35. The lowest BCUT2D eigenvalue weighted by atomic mass is 9.80. The maximum atomic E-state index is 14.0. The van der Waals surface area contributed by atoms with Crippen molar-refractivity contribution in [3.05, 3.63) is 71.0 Å². The Bertz CT molecular complexity index is 991. The van der Waals surface area contributed by atoms with Gasteiger partial charge in [-0.25, -0.2) is 4.39 Å². The van der Waals surface area contributed by atoms with Crippen LogP contribution in [0.3, 0.4) is 0 Å². The number of likely N-dealkylation sites (N-methyl/N-ethyl adjacent to an activating group) is 1. The number of carbonyl (C=O) groups excluding carboxylic acids is 2. The highest BCUT2D eigenvalue weighted by Gasteiger charge is 2.67. The summed E-state index contributed by atoms with van der Waals surface area (Å²) >= 11 is 0. The van der Waals surface area contributed by atoms with E-state index in [0.29, 0.717) is 17.5 Å². The van der Waals surface area contributed by atoms with Crippen molar-refractivity contribution in [2.75, 3.05) is 13.6 Å². The van der Waals surface area contributed by atoms with Crippen molar-refractivity contribution in [1.29, 1.82) is 0 Å². The predicted molar refractivity (Wildman–Crippen MR) is 116 cm³/mol. The maximum Gasteiger partial charge on any atom is 0.395 e. The van der Waals surface area contributed by atoms with E-state index in [4.69, 9.17) is 5.73 Å². The Hall–Kier alpha value is -2.94. The smallest absolute Gasteiger partial charge is 0.366 e. The summed E-state index contributed by atoms with van der Waals surface area (Å²) in [7, 11) is 1.67. The monoisotopic (exact) mass is 465 g/mol. The number of benzene rings is 2. The molecule has 2 atom stereocenters. The van der Waals surface area contributed by atoms with Crippen molar-refractivity contribution in [3.8, 4) is 0 Å². The number of rotatable bonds is 10. The summed E-state index contributed by atoms with van der Waals surface area (Å²) in [6, 6.07) is 12.1. The summed E-state index contributed by atoms with van der Waals surface area (Å²) in [5, 5.41) is 5.72. The number of hydrogen-bond acceptors (Lipinski definition) is 3. The second-order valence-electron chi connectivity index (χ2n) is 8.49. The van der Waals surface area contributed by atoms with Crippen LogP contribution in [0.2, 0.25) is 0 Å². The van der Waals surface area contributed by atoms with Gasteiger partial charge >= 0.3 is 6.18 Å². The van der Waals surface area contributed by atoms with E-state index in [2.05, 4.69) is 10.6 Å². The average molecular weight is 465 g/mol. The van der Waals surface area contributed by atoms with Crippen LogP contribution < -0.4 is 16.4 Å². The van der Waals surface area contributed by atoms with E-state index >= 15 is 0 Å². The molecule has 2 aromatic carbocycles. The van der Waals surface area contributed by atoms with Crippen molar-refractivity contribution < 1.29 is 27.2 Å². The number of nitrogens with one attached hydrogen (secondary N) is 2. The Morgan fingerprint density at radius 2 is 1.79 bits per heavy atom. The Morgan fingerprint density at radius 1 is 1.12 bits per heavy atom. The van der Waals surface area contributed by atoms with Gasteiger partial charge in [0.2, 0.25) is 5.91 Å². The molecule has 1 saturated carbocycles. The first-order valence-corrected chi connectivity index (χ1v) is 10.7. The number of carbonyl (C=O) groups is 2. The van der Waals surface area contributed by atoms with Crippen LogP contribution in [0.5, 0.6) is 0 Å². The molecule has 0 aliphatic heterocycles. The van der Waals surface area contributed by atoms with E-state index in [1.165, 1.54) is 12.1 Å². The first-order chi connectivity index (χ1) is 15.6.